The van der Waals surface area contributed by atoms with Crippen LogP contribution in [0.15, 0.2) is 54.7 Å². The number of halogens is 2. The van der Waals surface area contributed by atoms with Crippen molar-refractivity contribution in [2.45, 2.75) is 19.4 Å². The number of Topliss-reactive ketones (excluding diaryl/α,β-unsaturated/α-hetero) is 1. The molecule has 4 rings (SSSR count). The summed E-state index contributed by atoms with van der Waals surface area (Å²) in [7, 11) is 0. The number of rotatable bonds is 5. The van der Waals surface area contributed by atoms with Crippen LogP contribution in [0.2, 0.25) is 0 Å². The Bertz CT molecular complexity index is 1050. The van der Waals surface area contributed by atoms with Gasteiger partial charge in [-0.2, -0.15) is 0 Å². The lowest BCUT2D eigenvalue weighted by Crippen LogP contribution is -2.42. The molecule has 30 heavy (non-hydrogen) atoms. The monoisotopic (exact) mass is 410 g/mol. The minimum absolute atomic E-state index is 0.0202. The predicted molar refractivity (Wildman–Crippen MR) is 105 cm³/mol. The van der Waals surface area contributed by atoms with E-state index in [4.69, 9.17) is 0 Å². The van der Waals surface area contributed by atoms with Crippen LogP contribution in [-0.2, 0) is 6.54 Å². The largest absolute Gasteiger partial charge is 0.336 e. The molecule has 0 bridgehead atoms. The van der Waals surface area contributed by atoms with Gasteiger partial charge < -0.3 is 4.90 Å². The van der Waals surface area contributed by atoms with Gasteiger partial charge in [0.15, 0.2) is 11.5 Å². The number of likely N-dealkylation sites (tertiary alicyclic amines) is 1. The van der Waals surface area contributed by atoms with E-state index >= 15 is 0 Å². The molecule has 8 heteroatoms. The zero-order chi connectivity index (χ0) is 21.1. The first-order valence-corrected chi connectivity index (χ1v) is 9.74. The first-order valence-electron chi connectivity index (χ1n) is 9.74. The molecule has 2 heterocycles. The maximum atomic E-state index is 13.8. The molecular formula is C22H20F2N4O2. The average molecular weight is 410 g/mol. The van der Waals surface area contributed by atoms with Crippen molar-refractivity contribution in [3.63, 3.8) is 0 Å². The molecule has 6 nitrogen and oxygen atoms in total. The van der Waals surface area contributed by atoms with Crippen LogP contribution in [-0.4, -0.2) is 44.7 Å². The van der Waals surface area contributed by atoms with Gasteiger partial charge in [0.05, 0.1) is 12.7 Å². The number of benzene rings is 2. The highest BCUT2D eigenvalue weighted by molar-refractivity contribution is 5.99. The highest BCUT2D eigenvalue weighted by Crippen LogP contribution is 2.22. The SMILES string of the molecule is O=C(c1ccccc1)[C@@H]1CCCN(C(=O)c2cn(Cc3c(F)cccc3F)nn2)C1. The molecule has 1 atom stereocenters. The Balaban J connectivity index is 1.45. The summed E-state index contributed by atoms with van der Waals surface area (Å²) in [4.78, 5) is 27.2. The maximum Gasteiger partial charge on any atom is 0.276 e. The summed E-state index contributed by atoms with van der Waals surface area (Å²) >= 11 is 0. The van der Waals surface area contributed by atoms with Crippen LogP contribution in [0, 0.1) is 17.6 Å². The standard InChI is InChI=1S/C22H20F2N4O2/c23-18-9-4-10-19(24)17(18)13-28-14-20(25-26-28)22(30)27-11-5-8-16(12-27)21(29)15-6-2-1-3-7-15/h1-4,6-7,9-10,14,16H,5,8,11-13H2/t16-/m1/s1. The minimum atomic E-state index is -0.684. The molecule has 1 saturated heterocycles. The summed E-state index contributed by atoms with van der Waals surface area (Å²) in [6.45, 7) is 0.654. The summed E-state index contributed by atoms with van der Waals surface area (Å²) in [5.74, 6) is -1.96. The zero-order valence-corrected chi connectivity index (χ0v) is 16.2. The van der Waals surface area contributed by atoms with Gasteiger partial charge in [-0.05, 0) is 25.0 Å². The van der Waals surface area contributed by atoms with Crippen LogP contribution >= 0.6 is 0 Å². The van der Waals surface area contributed by atoms with E-state index < -0.39 is 11.6 Å². The van der Waals surface area contributed by atoms with Crippen LogP contribution in [0.1, 0.15) is 39.3 Å². The Hall–Kier alpha value is -3.42. The van der Waals surface area contributed by atoms with Crippen molar-refractivity contribution >= 4 is 11.7 Å². The molecule has 0 saturated carbocycles. The Morgan fingerprint density at radius 2 is 1.77 bits per heavy atom. The molecule has 3 aromatic rings. The number of nitrogens with zero attached hydrogens (tertiary/aromatic N) is 4. The maximum absolute atomic E-state index is 13.8. The first kappa shape index (κ1) is 19.9. The van der Waals surface area contributed by atoms with Crippen molar-refractivity contribution < 1.29 is 18.4 Å². The van der Waals surface area contributed by atoms with E-state index in [1.165, 1.54) is 29.1 Å². The topological polar surface area (TPSA) is 68.1 Å². The number of ketones is 1. The van der Waals surface area contributed by atoms with Crippen LogP contribution in [0.5, 0.6) is 0 Å². The lowest BCUT2D eigenvalue weighted by atomic mass is 9.90. The second kappa shape index (κ2) is 8.52. The summed E-state index contributed by atoms with van der Waals surface area (Å²) in [5, 5.41) is 7.70. The van der Waals surface area contributed by atoms with Crippen molar-refractivity contribution in [3.05, 3.63) is 83.2 Å². The molecule has 1 aromatic heterocycles. The van der Waals surface area contributed by atoms with Crippen molar-refractivity contribution in [1.82, 2.24) is 19.9 Å². The molecule has 0 N–H and O–H groups in total. The summed E-state index contributed by atoms with van der Waals surface area (Å²) in [5.41, 5.74) is 0.571. The quantitative estimate of drug-likeness (QED) is 0.605. The van der Waals surface area contributed by atoms with Crippen LogP contribution in [0.25, 0.3) is 0 Å². The third-order valence-electron chi connectivity index (χ3n) is 5.28. The first-order chi connectivity index (χ1) is 14.5. The van der Waals surface area contributed by atoms with E-state index in [9.17, 15) is 18.4 Å². The molecule has 1 amide bonds. The summed E-state index contributed by atoms with van der Waals surface area (Å²) in [6.07, 6.45) is 2.80. The van der Waals surface area contributed by atoms with Crippen molar-refractivity contribution in [2.24, 2.45) is 5.92 Å². The number of amides is 1. The number of carbonyl (C=O) groups excluding carboxylic acids is 2. The molecule has 0 spiro atoms. The minimum Gasteiger partial charge on any atom is -0.336 e. The molecule has 154 valence electrons. The zero-order valence-electron chi connectivity index (χ0n) is 16.2. The molecule has 1 fully saturated rings. The number of hydrogen-bond donors (Lipinski definition) is 0. The molecule has 1 aliphatic rings. The predicted octanol–water partition coefficient (Wildman–Crippen LogP) is 3.34. The Morgan fingerprint density at radius 1 is 1.03 bits per heavy atom. The van der Waals surface area contributed by atoms with Crippen molar-refractivity contribution in [1.29, 1.82) is 0 Å². The highest BCUT2D eigenvalue weighted by atomic mass is 19.1. The van der Waals surface area contributed by atoms with Gasteiger partial charge in [0.1, 0.15) is 11.6 Å². The van der Waals surface area contributed by atoms with E-state index in [-0.39, 0.29) is 35.4 Å². The van der Waals surface area contributed by atoms with Gasteiger partial charge in [-0.25, -0.2) is 13.5 Å². The number of aromatic nitrogens is 3. The summed E-state index contributed by atoms with van der Waals surface area (Å²) in [6, 6.07) is 12.6. The highest BCUT2D eigenvalue weighted by Gasteiger charge is 2.30. The lowest BCUT2D eigenvalue weighted by Gasteiger charge is -2.31. The fourth-order valence-corrected chi connectivity index (χ4v) is 3.69. The fraction of sp³-hybridized carbons (Fsp3) is 0.273. The average Bonchev–Trinajstić information content (AvgIpc) is 3.25. The van der Waals surface area contributed by atoms with E-state index in [1.54, 1.807) is 17.0 Å². The molecular weight excluding hydrogens is 390 g/mol. The Labute approximate surface area is 172 Å². The molecule has 0 unspecified atom stereocenters. The number of hydrogen-bond acceptors (Lipinski definition) is 4. The van der Waals surface area contributed by atoms with Gasteiger partial charge in [0.25, 0.3) is 5.91 Å². The fourth-order valence-electron chi connectivity index (χ4n) is 3.69. The van der Waals surface area contributed by atoms with E-state index in [0.717, 1.165) is 6.42 Å². The van der Waals surface area contributed by atoms with Gasteiger partial charge >= 0.3 is 0 Å². The number of carbonyl (C=O) groups is 2. The van der Waals surface area contributed by atoms with Gasteiger partial charge in [-0.1, -0.05) is 41.6 Å². The molecule has 2 aromatic carbocycles. The smallest absolute Gasteiger partial charge is 0.276 e. The normalized spacial score (nSPS) is 16.5. The number of piperidine rings is 1. The van der Waals surface area contributed by atoms with E-state index in [0.29, 0.717) is 25.1 Å². The third-order valence-corrected chi connectivity index (χ3v) is 5.28. The van der Waals surface area contributed by atoms with Gasteiger partial charge in [0.2, 0.25) is 0 Å². The Morgan fingerprint density at radius 3 is 2.50 bits per heavy atom. The Kier molecular flexibility index (Phi) is 5.65. The third kappa shape index (κ3) is 4.12. The summed E-state index contributed by atoms with van der Waals surface area (Å²) < 4.78 is 28.9. The van der Waals surface area contributed by atoms with Crippen molar-refractivity contribution in [3.8, 4) is 0 Å². The van der Waals surface area contributed by atoms with E-state index in [1.807, 2.05) is 18.2 Å². The molecule has 0 radical (unpaired) electrons. The van der Waals surface area contributed by atoms with Crippen molar-refractivity contribution in [2.75, 3.05) is 13.1 Å². The van der Waals surface area contributed by atoms with Crippen LogP contribution in [0.4, 0.5) is 8.78 Å². The van der Waals surface area contributed by atoms with Crippen LogP contribution in [0.3, 0.4) is 0 Å². The van der Waals surface area contributed by atoms with Gasteiger partial charge in [-0.3, -0.25) is 9.59 Å². The van der Waals surface area contributed by atoms with Gasteiger partial charge in [0, 0.05) is 30.1 Å². The van der Waals surface area contributed by atoms with Gasteiger partial charge in [-0.15, -0.1) is 5.10 Å². The lowest BCUT2D eigenvalue weighted by molar-refractivity contribution is 0.0632. The van der Waals surface area contributed by atoms with Crippen LogP contribution < -0.4 is 0 Å². The second-order valence-corrected chi connectivity index (χ2v) is 7.32. The second-order valence-electron chi connectivity index (χ2n) is 7.32. The van der Waals surface area contributed by atoms with E-state index in [2.05, 4.69) is 10.3 Å². The molecule has 1 aliphatic heterocycles. The molecule has 0 aliphatic carbocycles.